The van der Waals surface area contributed by atoms with Crippen molar-refractivity contribution in [2.45, 2.75) is 25.8 Å². The van der Waals surface area contributed by atoms with Crippen LogP contribution in [0.1, 0.15) is 28.8 Å². The number of piperazine rings is 1. The number of rotatable bonds is 1. The maximum Gasteiger partial charge on any atom is 0.257 e. The van der Waals surface area contributed by atoms with Crippen molar-refractivity contribution in [2.24, 2.45) is 0 Å². The molecular formula is C15H18N2O3. The highest BCUT2D eigenvalue weighted by Crippen LogP contribution is 2.26. The quantitative estimate of drug-likeness (QED) is 0.835. The van der Waals surface area contributed by atoms with Gasteiger partial charge in [-0.3, -0.25) is 9.59 Å². The van der Waals surface area contributed by atoms with Gasteiger partial charge in [-0.1, -0.05) is 11.6 Å². The fourth-order valence-electron chi connectivity index (χ4n) is 3.04. The van der Waals surface area contributed by atoms with Gasteiger partial charge < -0.3 is 14.9 Å². The third kappa shape index (κ3) is 2.13. The van der Waals surface area contributed by atoms with Gasteiger partial charge >= 0.3 is 0 Å². The van der Waals surface area contributed by atoms with Gasteiger partial charge in [0.1, 0.15) is 5.75 Å². The lowest BCUT2D eigenvalue weighted by molar-refractivity contribution is -0.130. The van der Waals surface area contributed by atoms with Crippen LogP contribution in [0.25, 0.3) is 0 Å². The van der Waals surface area contributed by atoms with Gasteiger partial charge in [-0.25, -0.2) is 0 Å². The second-order valence-corrected chi connectivity index (χ2v) is 5.55. The van der Waals surface area contributed by atoms with Gasteiger partial charge in [-0.05, 0) is 25.5 Å². The highest BCUT2D eigenvalue weighted by atomic mass is 16.3. The first-order valence-electron chi connectivity index (χ1n) is 6.94. The third-order valence-electron chi connectivity index (χ3n) is 4.16. The Morgan fingerprint density at radius 1 is 1.35 bits per heavy atom. The molecule has 2 fully saturated rings. The average Bonchev–Trinajstić information content (AvgIpc) is 2.82. The summed E-state index contributed by atoms with van der Waals surface area (Å²) >= 11 is 0. The standard InChI is InChI=1S/C15H18N2O3/c1-10-2-4-13(18)12(8-10)15(20)16-6-7-17-11(9-16)3-5-14(17)19/h2,4,8,11,18H,3,5-7,9H2,1H3/t11-/m0/s1. The topological polar surface area (TPSA) is 60.9 Å². The molecule has 5 nitrogen and oxygen atoms in total. The first-order chi connectivity index (χ1) is 9.56. The van der Waals surface area contributed by atoms with E-state index in [1.807, 2.05) is 11.8 Å². The molecule has 2 aliphatic rings. The van der Waals surface area contributed by atoms with E-state index in [4.69, 9.17) is 0 Å². The van der Waals surface area contributed by atoms with E-state index >= 15 is 0 Å². The number of amides is 2. The Bertz CT molecular complexity index is 570. The summed E-state index contributed by atoms with van der Waals surface area (Å²) in [5, 5.41) is 9.85. The van der Waals surface area contributed by atoms with Gasteiger partial charge in [0.05, 0.1) is 5.56 Å². The summed E-state index contributed by atoms with van der Waals surface area (Å²) in [7, 11) is 0. The van der Waals surface area contributed by atoms with Crippen molar-refractivity contribution in [1.29, 1.82) is 0 Å². The Hall–Kier alpha value is -2.04. The van der Waals surface area contributed by atoms with Crippen molar-refractivity contribution >= 4 is 11.8 Å². The van der Waals surface area contributed by atoms with Crippen LogP contribution in [0.5, 0.6) is 5.75 Å². The van der Waals surface area contributed by atoms with Gasteiger partial charge in [0.25, 0.3) is 5.91 Å². The Morgan fingerprint density at radius 2 is 2.15 bits per heavy atom. The maximum absolute atomic E-state index is 12.5. The van der Waals surface area contributed by atoms with E-state index in [-0.39, 0.29) is 23.6 Å². The molecule has 3 rings (SSSR count). The number of hydrogen-bond acceptors (Lipinski definition) is 3. The minimum atomic E-state index is -0.148. The third-order valence-corrected chi connectivity index (χ3v) is 4.16. The number of phenolic OH excluding ortho intramolecular Hbond substituents is 1. The van der Waals surface area contributed by atoms with E-state index in [9.17, 15) is 14.7 Å². The lowest BCUT2D eigenvalue weighted by Crippen LogP contribution is -2.53. The molecule has 1 aromatic carbocycles. The Kier molecular flexibility index (Phi) is 3.12. The molecule has 2 saturated heterocycles. The highest BCUT2D eigenvalue weighted by Gasteiger charge is 2.37. The van der Waals surface area contributed by atoms with Crippen LogP contribution in [0.15, 0.2) is 18.2 Å². The van der Waals surface area contributed by atoms with Crippen LogP contribution < -0.4 is 0 Å². The van der Waals surface area contributed by atoms with Gasteiger partial charge in [-0.15, -0.1) is 0 Å². The van der Waals surface area contributed by atoms with Crippen LogP contribution in [0.3, 0.4) is 0 Å². The summed E-state index contributed by atoms with van der Waals surface area (Å²) in [5.41, 5.74) is 1.30. The number of aromatic hydroxyl groups is 1. The van der Waals surface area contributed by atoms with Crippen molar-refractivity contribution < 1.29 is 14.7 Å². The first kappa shape index (κ1) is 13.0. The molecule has 5 heteroatoms. The summed E-state index contributed by atoms with van der Waals surface area (Å²) < 4.78 is 0. The molecule has 2 amide bonds. The number of carbonyl (C=O) groups excluding carboxylic acids is 2. The molecule has 0 spiro atoms. The first-order valence-corrected chi connectivity index (χ1v) is 6.94. The van der Waals surface area contributed by atoms with E-state index in [0.29, 0.717) is 31.6 Å². The SMILES string of the molecule is Cc1ccc(O)c(C(=O)N2CCN3C(=O)CC[C@H]3C2)c1. The average molecular weight is 274 g/mol. The zero-order chi connectivity index (χ0) is 14.3. The van der Waals surface area contributed by atoms with Gasteiger partial charge in [0, 0.05) is 32.1 Å². The number of nitrogens with zero attached hydrogens (tertiary/aromatic N) is 2. The lowest BCUT2D eigenvalue weighted by Gasteiger charge is -2.37. The smallest absolute Gasteiger partial charge is 0.257 e. The van der Waals surface area contributed by atoms with Crippen molar-refractivity contribution in [3.8, 4) is 5.75 Å². The van der Waals surface area contributed by atoms with E-state index in [1.54, 1.807) is 23.1 Å². The Morgan fingerprint density at radius 3 is 2.95 bits per heavy atom. The maximum atomic E-state index is 12.5. The largest absolute Gasteiger partial charge is 0.507 e. The van der Waals surface area contributed by atoms with Crippen LogP contribution in [-0.4, -0.2) is 52.4 Å². The molecular weight excluding hydrogens is 256 g/mol. The van der Waals surface area contributed by atoms with E-state index in [2.05, 4.69) is 0 Å². The summed E-state index contributed by atoms with van der Waals surface area (Å²) in [6, 6.07) is 5.19. The predicted molar refractivity (Wildman–Crippen MR) is 73.5 cm³/mol. The summed E-state index contributed by atoms with van der Waals surface area (Å²) in [4.78, 5) is 27.8. The zero-order valence-corrected chi connectivity index (χ0v) is 11.5. The second kappa shape index (κ2) is 4.81. The molecule has 0 bridgehead atoms. The monoisotopic (exact) mass is 274 g/mol. The number of phenols is 1. The molecule has 0 saturated carbocycles. The second-order valence-electron chi connectivity index (χ2n) is 5.55. The molecule has 2 aliphatic heterocycles. The molecule has 2 heterocycles. The molecule has 0 radical (unpaired) electrons. The van der Waals surface area contributed by atoms with Crippen LogP contribution in [0.4, 0.5) is 0 Å². The van der Waals surface area contributed by atoms with Crippen LogP contribution in [0.2, 0.25) is 0 Å². The van der Waals surface area contributed by atoms with Crippen LogP contribution in [0, 0.1) is 6.92 Å². The summed E-state index contributed by atoms with van der Waals surface area (Å²) in [5.74, 6) is 0.0660. The molecule has 1 atom stereocenters. The van der Waals surface area contributed by atoms with Crippen molar-refractivity contribution in [1.82, 2.24) is 9.80 Å². The van der Waals surface area contributed by atoms with Crippen molar-refractivity contribution in [2.75, 3.05) is 19.6 Å². The highest BCUT2D eigenvalue weighted by molar-refractivity contribution is 5.97. The summed E-state index contributed by atoms with van der Waals surface area (Å²) in [6.45, 7) is 3.60. The lowest BCUT2D eigenvalue weighted by atomic mass is 10.1. The Balaban J connectivity index is 1.78. The van der Waals surface area contributed by atoms with E-state index < -0.39 is 0 Å². The van der Waals surface area contributed by atoms with E-state index in [0.717, 1.165) is 12.0 Å². The fourth-order valence-corrected chi connectivity index (χ4v) is 3.04. The molecule has 1 N–H and O–H groups in total. The molecule has 106 valence electrons. The number of fused-ring (bicyclic) bond motifs is 1. The van der Waals surface area contributed by atoms with E-state index in [1.165, 1.54) is 0 Å². The predicted octanol–water partition coefficient (Wildman–Crippen LogP) is 1.15. The number of carbonyl (C=O) groups is 2. The van der Waals surface area contributed by atoms with Gasteiger partial charge in [-0.2, -0.15) is 0 Å². The normalized spacial score (nSPS) is 22.1. The minimum absolute atomic E-state index is 0.0190. The fraction of sp³-hybridized carbons (Fsp3) is 0.467. The van der Waals surface area contributed by atoms with Crippen LogP contribution in [-0.2, 0) is 4.79 Å². The number of benzene rings is 1. The molecule has 0 aliphatic carbocycles. The summed E-state index contributed by atoms with van der Waals surface area (Å²) in [6.07, 6.45) is 1.41. The zero-order valence-electron chi connectivity index (χ0n) is 11.5. The van der Waals surface area contributed by atoms with Crippen molar-refractivity contribution in [3.63, 3.8) is 0 Å². The molecule has 20 heavy (non-hydrogen) atoms. The van der Waals surface area contributed by atoms with Crippen LogP contribution >= 0.6 is 0 Å². The molecule has 1 aromatic rings. The van der Waals surface area contributed by atoms with Crippen molar-refractivity contribution in [3.05, 3.63) is 29.3 Å². The van der Waals surface area contributed by atoms with Gasteiger partial charge in [0.2, 0.25) is 5.91 Å². The number of aryl methyl sites for hydroxylation is 1. The van der Waals surface area contributed by atoms with Gasteiger partial charge in [0.15, 0.2) is 0 Å². The minimum Gasteiger partial charge on any atom is -0.507 e. The molecule has 0 aromatic heterocycles. The molecule has 0 unspecified atom stereocenters. The number of hydrogen-bond donors (Lipinski definition) is 1. The Labute approximate surface area is 117 Å².